The summed E-state index contributed by atoms with van der Waals surface area (Å²) in [6.07, 6.45) is 9.35. The van der Waals surface area contributed by atoms with Crippen LogP contribution in [0.2, 0.25) is 0 Å². The van der Waals surface area contributed by atoms with Crippen molar-refractivity contribution in [2.75, 3.05) is 13.1 Å². The van der Waals surface area contributed by atoms with Crippen LogP contribution in [0.5, 0.6) is 0 Å². The second-order valence-corrected chi connectivity index (χ2v) is 7.55. The van der Waals surface area contributed by atoms with Gasteiger partial charge in [0.1, 0.15) is 0 Å². The van der Waals surface area contributed by atoms with E-state index in [1.54, 1.807) is 4.31 Å². The van der Waals surface area contributed by atoms with Gasteiger partial charge in [-0.05, 0) is 25.7 Å². The van der Waals surface area contributed by atoms with Gasteiger partial charge in [-0.2, -0.15) is 17.4 Å². The minimum atomic E-state index is -3.35. The third kappa shape index (κ3) is 4.41. The predicted molar refractivity (Wildman–Crippen MR) is 76.9 cm³/mol. The first-order valence-corrected chi connectivity index (χ1v) is 9.06. The largest absolute Gasteiger partial charge is 0.326 e. The van der Waals surface area contributed by atoms with Gasteiger partial charge in [-0.1, -0.05) is 32.1 Å². The fourth-order valence-corrected chi connectivity index (χ4v) is 4.59. The lowest BCUT2D eigenvalue weighted by atomic mass is 10.1. The highest BCUT2D eigenvalue weighted by Crippen LogP contribution is 2.19. The van der Waals surface area contributed by atoms with E-state index in [-0.39, 0.29) is 12.1 Å². The van der Waals surface area contributed by atoms with Crippen LogP contribution in [0.3, 0.4) is 0 Å². The number of nitrogens with zero attached hydrogens (tertiary/aromatic N) is 1. The molecule has 0 amide bonds. The molecule has 0 radical (unpaired) electrons. The molecule has 19 heavy (non-hydrogen) atoms. The normalized spacial score (nSPS) is 31.6. The Hall–Kier alpha value is -0.170. The van der Waals surface area contributed by atoms with Crippen molar-refractivity contribution in [3.8, 4) is 0 Å². The van der Waals surface area contributed by atoms with Gasteiger partial charge in [0.05, 0.1) is 0 Å². The van der Waals surface area contributed by atoms with Crippen molar-refractivity contribution in [1.82, 2.24) is 9.03 Å². The van der Waals surface area contributed by atoms with Crippen LogP contribution >= 0.6 is 0 Å². The fourth-order valence-electron chi connectivity index (χ4n) is 3.03. The Bertz CT molecular complexity index is 364. The van der Waals surface area contributed by atoms with Gasteiger partial charge in [-0.3, -0.25) is 0 Å². The summed E-state index contributed by atoms with van der Waals surface area (Å²) >= 11 is 0. The number of hydrogen-bond donors (Lipinski definition) is 2. The Kier molecular flexibility index (Phi) is 5.62. The molecule has 1 saturated heterocycles. The van der Waals surface area contributed by atoms with Crippen LogP contribution in [-0.4, -0.2) is 37.9 Å². The first-order chi connectivity index (χ1) is 9.09. The Labute approximate surface area is 117 Å². The molecule has 0 bridgehead atoms. The van der Waals surface area contributed by atoms with Crippen molar-refractivity contribution >= 4 is 10.2 Å². The average molecular weight is 289 g/mol. The number of nitrogens with two attached hydrogens (primary N) is 1. The van der Waals surface area contributed by atoms with Crippen molar-refractivity contribution in [1.29, 1.82) is 0 Å². The van der Waals surface area contributed by atoms with Gasteiger partial charge in [-0.15, -0.1) is 0 Å². The molecule has 5 nitrogen and oxygen atoms in total. The maximum absolute atomic E-state index is 12.4. The molecule has 1 saturated carbocycles. The van der Waals surface area contributed by atoms with Crippen LogP contribution in [0.25, 0.3) is 0 Å². The molecule has 0 spiro atoms. The summed E-state index contributed by atoms with van der Waals surface area (Å²) in [6, 6.07) is -0.125. The molecule has 112 valence electrons. The zero-order valence-electron chi connectivity index (χ0n) is 11.7. The summed E-state index contributed by atoms with van der Waals surface area (Å²) in [4.78, 5) is 0. The monoisotopic (exact) mass is 289 g/mol. The highest BCUT2D eigenvalue weighted by Gasteiger charge is 2.29. The van der Waals surface area contributed by atoms with Gasteiger partial charge >= 0.3 is 0 Å². The summed E-state index contributed by atoms with van der Waals surface area (Å²) < 4.78 is 29.3. The van der Waals surface area contributed by atoms with Crippen LogP contribution in [0.15, 0.2) is 0 Å². The fraction of sp³-hybridized carbons (Fsp3) is 1.00. The van der Waals surface area contributed by atoms with E-state index in [4.69, 9.17) is 5.73 Å². The van der Waals surface area contributed by atoms with Gasteiger partial charge < -0.3 is 5.73 Å². The van der Waals surface area contributed by atoms with E-state index in [9.17, 15) is 8.42 Å². The van der Waals surface area contributed by atoms with Crippen molar-refractivity contribution in [3.05, 3.63) is 0 Å². The molecule has 6 heteroatoms. The number of hydrogen-bond acceptors (Lipinski definition) is 3. The molecule has 1 aliphatic carbocycles. The summed E-state index contributed by atoms with van der Waals surface area (Å²) in [5.74, 6) is 0. The van der Waals surface area contributed by atoms with E-state index < -0.39 is 10.2 Å². The first-order valence-electron chi connectivity index (χ1n) is 7.62. The third-order valence-electron chi connectivity index (χ3n) is 4.27. The maximum atomic E-state index is 12.4. The van der Waals surface area contributed by atoms with E-state index >= 15 is 0 Å². The summed E-state index contributed by atoms with van der Waals surface area (Å²) in [5, 5.41) is 0. The highest BCUT2D eigenvalue weighted by molar-refractivity contribution is 7.87. The third-order valence-corrected chi connectivity index (χ3v) is 5.92. The average Bonchev–Trinajstić information content (AvgIpc) is 2.74. The van der Waals surface area contributed by atoms with Crippen LogP contribution < -0.4 is 10.5 Å². The minimum absolute atomic E-state index is 0.0377. The van der Waals surface area contributed by atoms with Crippen LogP contribution in [0.1, 0.15) is 57.8 Å². The predicted octanol–water partition coefficient (Wildman–Crippen LogP) is 1.36. The van der Waals surface area contributed by atoms with Crippen molar-refractivity contribution < 1.29 is 8.42 Å². The summed E-state index contributed by atoms with van der Waals surface area (Å²) in [6.45, 7) is 1.30. The zero-order valence-corrected chi connectivity index (χ0v) is 12.5. The number of rotatable bonds is 3. The molecule has 0 aromatic carbocycles. The van der Waals surface area contributed by atoms with Gasteiger partial charge in [-0.25, -0.2) is 0 Å². The molecule has 1 heterocycles. The Balaban J connectivity index is 1.98. The number of nitrogens with one attached hydrogen (secondary N) is 1. The summed E-state index contributed by atoms with van der Waals surface area (Å²) in [7, 11) is -3.35. The molecular formula is C13H27N3O2S. The van der Waals surface area contributed by atoms with E-state index in [1.165, 1.54) is 0 Å². The Morgan fingerprint density at radius 3 is 2.16 bits per heavy atom. The highest BCUT2D eigenvalue weighted by atomic mass is 32.2. The van der Waals surface area contributed by atoms with E-state index in [1.807, 2.05) is 0 Å². The van der Waals surface area contributed by atoms with Gasteiger partial charge in [0, 0.05) is 25.2 Å². The molecular weight excluding hydrogens is 262 g/mol. The van der Waals surface area contributed by atoms with Crippen LogP contribution in [0.4, 0.5) is 0 Å². The lowest BCUT2D eigenvalue weighted by Gasteiger charge is -2.27. The van der Waals surface area contributed by atoms with Gasteiger partial charge in [0.15, 0.2) is 0 Å². The second-order valence-electron chi connectivity index (χ2n) is 5.84. The topological polar surface area (TPSA) is 75.4 Å². The maximum Gasteiger partial charge on any atom is 0.279 e. The molecule has 0 aromatic rings. The molecule has 2 atom stereocenters. The molecule has 2 fully saturated rings. The second kappa shape index (κ2) is 7.02. The van der Waals surface area contributed by atoms with Crippen molar-refractivity contribution in [3.63, 3.8) is 0 Å². The molecule has 3 N–H and O–H groups in total. The zero-order chi connectivity index (χ0) is 13.7. The van der Waals surface area contributed by atoms with Crippen LogP contribution in [0, 0.1) is 0 Å². The van der Waals surface area contributed by atoms with E-state index in [0.29, 0.717) is 13.1 Å². The van der Waals surface area contributed by atoms with Crippen molar-refractivity contribution in [2.45, 2.75) is 69.9 Å². The van der Waals surface area contributed by atoms with Crippen molar-refractivity contribution in [2.24, 2.45) is 5.73 Å². The van der Waals surface area contributed by atoms with E-state index in [2.05, 4.69) is 4.72 Å². The van der Waals surface area contributed by atoms with Gasteiger partial charge in [0.25, 0.3) is 10.2 Å². The lowest BCUT2D eigenvalue weighted by Crippen LogP contribution is -2.51. The Morgan fingerprint density at radius 2 is 1.47 bits per heavy atom. The standard InChI is InChI=1S/C13H27N3O2S/c14-12-8-4-3-5-9-13(12)15-19(17,18)16-10-6-1-2-7-11-16/h12-13,15H,1-11,14H2. The first kappa shape index (κ1) is 15.2. The SMILES string of the molecule is NC1CCCCCC1NS(=O)(=O)N1CCCCCC1. The quantitative estimate of drug-likeness (QED) is 0.770. The lowest BCUT2D eigenvalue weighted by molar-refractivity contribution is 0.390. The molecule has 2 rings (SSSR count). The van der Waals surface area contributed by atoms with Crippen LogP contribution in [-0.2, 0) is 10.2 Å². The van der Waals surface area contributed by atoms with E-state index in [0.717, 1.165) is 57.8 Å². The summed E-state index contributed by atoms with van der Waals surface area (Å²) in [5.41, 5.74) is 6.10. The molecule has 2 unspecified atom stereocenters. The molecule has 1 aliphatic heterocycles. The smallest absolute Gasteiger partial charge is 0.279 e. The van der Waals surface area contributed by atoms with Gasteiger partial charge in [0.2, 0.25) is 0 Å². The molecule has 2 aliphatic rings. The minimum Gasteiger partial charge on any atom is -0.326 e. The Morgan fingerprint density at radius 1 is 0.895 bits per heavy atom. The molecule has 0 aromatic heterocycles.